The van der Waals surface area contributed by atoms with E-state index in [4.69, 9.17) is 4.42 Å². The molecule has 3 heterocycles. The molecule has 3 aromatic heterocycles. The maximum absolute atomic E-state index is 6.65. The molecule has 0 N–H and O–H groups in total. The fourth-order valence-corrected chi connectivity index (χ4v) is 8.20. The molecule has 0 atom stereocenters. The van der Waals surface area contributed by atoms with Crippen molar-refractivity contribution in [2.24, 2.45) is 0 Å². The van der Waals surface area contributed by atoms with Crippen molar-refractivity contribution in [3.63, 3.8) is 0 Å². The van der Waals surface area contributed by atoms with Crippen LogP contribution in [0.3, 0.4) is 0 Å². The van der Waals surface area contributed by atoms with E-state index in [1.165, 1.54) is 49.4 Å². The van der Waals surface area contributed by atoms with Crippen LogP contribution in [0.5, 0.6) is 0 Å². The second-order valence-corrected chi connectivity index (χ2v) is 13.3. The van der Waals surface area contributed by atoms with Gasteiger partial charge in [-0.25, -0.2) is 0 Å². The Hall–Kier alpha value is -6.84. The van der Waals surface area contributed by atoms with Gasteiger partial charge in [0, 0.05) is 38.3 Å². The second kappa shape index (κ2) is 10.8. The highest BCUT2D eigenvalue weighted by molar-refractivity contribution is 6.24. The van der Waals surface area contributed by atoms with Gasteiger partial charge in [-0.1, -0.05) is 115 Å². The molecular weight excluding hydrogens is 621 g/mol. The van der Waals surface area contributed by atoms with Gasteiger partial charge in [0.05, 0.1) is 27.5 Å². The quantitative estimate of drug-likeness (QED) is 0.186. The summed E-state index contributed by atoms with van der Waals surface area (Å²) in [5, 5.41) is 7.08. The van der Waals surface area contributed by atoms with Crippen LogP contribution in [0, 0.1) is 0 Å². The average Bonchev–Trinajstić information content (AvgIpc) is 3.86. The first-order valence-electron chi connectivity index (χ1n) is 17.4. The van der Waals surface area contributed by atoms with Crippen LogP contribution >= 0.6 is 0 Å². The van der Waals surface area contributed by atoms with Crippen LogP contribution in [0.15, 0.2) is 186 Å². The Morgan fingerprint density at radius 1 is 0.314 bits per heavy atom. The van der Waals surface area contributed by atoms with E-state index in [0.29, 0.717) is 0 Å². The third kappa shape index (κ3) is 4.19. The topological polar surface area (TPSA) is 23.0 Å². The van der Waals surface area contributed by atoms with Gasteiger partial charge < -0.3 is 13.6 Å². The zero-order chi connectivity index (χ0) is 33.5. The van der Waals surface area contributed by atoms with Gasteiger partial charge >= 0.3 is 0 Å². The number of hydrogen-bond donors (Lipinski definition) is 0. The van der Waals surface area contributed by atoms with Crippen LogP contribution in [-0.2, 0) is 0 Å². The van der Waals surface area contributed by atoms with Gasteiger partial charge in [0.1, 0.15) is 11.2 Å². The lowest BCUT2D eigenvalue weighted by molar-refractivity contribution is 0.673. The number of aromatic nitrogens is 2. The normalized spacial score (nSPS) is 11.9. The van der Waals surface area contributed by atoms with E-state index in [9.17, 15) is 0 Å². The molecule has 3 heteroatoms. The maximum Gasteiger partial charge on any atom is 0.145 e. The summed E-state index contributed by atoms with van der Waals surface area (Å²) in [6, 6.07) is 65.4. The summed E-state index contributed by atoms with van der Waals surface area (Å²) in [4.78, 5) is 0. The summed E-state index contributed by atoms with van der Waals surface area (Å²) in [7, 11) is 0. The minimum absolute atomic E-state index is 0.907. The summed E-state index contributed by atoms with van der Waals surface area (Å²) >= 11 is 0. The molecule has 0 bridgehead atoms. The van der Waals surface area contributed by atoms with E-state index in [0.717, 1.165) is 49.7 Å². The zero-order valence-corrected chi connectivity index (χ0v) is 27.6. The Balaban J connectivity index is 1.15. The molecule has 0 saturated heterocycles. The molecule has 11 aromatic rings. The number of furan rings is 1. The smallest absolute Gasteiger partial charge is 0.145 e. The van der Waals surface area contributed by atoms with E-state index in [1.54, 1.807) is 0 Å². The van der Waals surface area contributed by atoms with Crippen LogP contribution in [0.1, 0.15) is 0 Å². The summed E-state index contributed by atoms with van der Waals surface area (Å²) in [5.74, 6) is 0. The van der Waals surface area contributed by atoms with Gasteiger partial charge in [-0.2, -0.15) is 0 Å². The van der Waals surface area contributed by atoms with Gasteiger partial charge in [-0.3, -0.25) is 0 Å². The maximum atomic E-state index is 6.65. The van der Waals surface area contributed by atoms with E-state index in [2.05, 4.69) is 185 Å². The van der Waals surface area contributed by atoms with Crippen LogP contribution in [0.4, 0.5) is 0 Å². The average molecular weight is 651 g/mol. The van der Waals surface area contributed by atoms with E-state index in [1.807, 2.05) is 6.07 Å². The highest BCUT2D eigenvalue weighted by atomic mass is 16.3. The van der Waals surface area contributed by atoms with Gasteiger partial charge in [-0.15, -0.1) is 0 Å². The second-order valence-electron chi connectivity index (χ2n) is 13.3. The number of benzene rings is 8. The number of rotatable bonds is 4. The van der Waals surface area contributed by atoms with Crippen molar-refractivity contribution >= 4 is 65.6 Å². The van der Waals surface area contributed by atoms with Gasteiger partial charge in [0.25, 0.3) is 0 Å². The molecular formula is C48H30N2O. The highest BCUT2D eigenvalue weighted by Gasteiger charge is 2.20. The van der Waals surface area contributed by atoms with Gasteiger partial charge in [0.2, 0.25) is 0 Å². The number of hydrogen-bond acceptors (Lipinski definition) is 1. The summed E-state index contributed by atoms with van der Waals surface area (Å²) < 4.78 is 11.4. The lowest BCUT2D eigenvalue weighted by Gasteiger charge is -2.12. The Labute approximate surface area is 293 Å². The first-order chi connectivity index (χ1) is 25.3. The molecule has 0 unspecified atom stereocenters. The minimum Gasteiger partial charge on any atom is -0.455 e. The SMILES string of the molecule is c1ccc(-c2cccc(-c3ccc(-n4c5cc(-n6c7ccccc7c7ccccc76)ccc5c5c6oc7ccccc7c6ccc54)cc3)c2)cc1. The van der Waals surface area contributed by atoms with E-state index < -0.39 is 0 Å². The molecule has 238 valence electrons. The summed E-state index contributed by atoms with van der Waals surface area (Å²) in [5.41, 5.74) is 13.5. The van der Waals surface area contributed by atoms with Crippen LogP contribution in [-0.4, -0.2) is 9.13 Å². The van der Waals surface area contributed by atoms with Crippen molar-refractivity contribution in [3.8, 4) is 33.6 Å². The third-order valence-corrected chi connectivity index (χ3v) is 10.5. The van der Waals surface area contributed by atoms with Crippen molar-refractivity contribution < 1.29 is 4.42 Å². The summed E-state index contributed by atoms with van der Waals surface area (Å²) in [6.45, 7) is 0. The van der Waals surface area contributed by atoms with Gasteiger partial charge in [0.15, 0.2) is 0 Å². The molecule has 0 aliphatic heterocycles. The van der Waals surface area contributed by atoms with Crippen molar-refractivity contribution in [2.75, 3.05) is 0 Å². The summed E-state index contributed by atoms with van der Waals surface area (Å²) in [6.07, 6.45) is 0. The molecule has 0 saturated carbocycles. The molecule has 11 rings (SSSR count). The Morgan fingerprint density at radius 2 is 0.882 bits per heavy atom. The zero-order valence-electron chi connectivity index (χ0n) is 27.6. The third-order valence-electron chi connectivity index (χ3n) is 10.5. The Bertz CT molecular complexity index is 3070. The van der Waals surface area contributed by atoms with Gasteiger partial charge in [-0.05, 0) is 89.0 Å². The molecule has 51 heavy (non-hydrogen) atoms. The first kappa shape index (κ1) is 28.0. The van der Waals surface area contributed by atoms with Crippen LogP contribution in [0.25, 0.3) is 99.2 Å². The molecule has 0 fully saturated rings. The molecule has 0 radical (unpaired) electrons. The van der Waals surface area contributed by atoms with Crippen molar-refractivity contribution in [2.45, 2.75) is 0 Å². The number of nitrogens with zero attached hydrogens (tertiary/aromatic N) is 2. The lowest BCUT2D eigenvalue weighted by atomic mass is 9.99. The van der Waals surface area contributed by atoms with Crippen molar-refractivity contribution in [1.82, 2.24) is 9.13 Å². The predicted molar refractivity (Wildman–Crippen MR) is 213 cm³/mol. The molecule has 0 amide bonds. The molecule has 0 spiro atoms. The Morgan fingerprint density at radius 3 is 1.63 bits per heavy atom. The van der Waals surface area contributed by atoms with Crippen LogP contribution in [0.2, 0.25) is 0 Å². The number of fused-ring (bicyclic) bond motifs is 10. The minimum atomic E-state index is 0.907. The highest BCUT2D eigenvalue weighted by Crippen LogP contribution is 2.42. The number of para-hydroxylation sites is 3. The standard InChI is InChI=1S/C48H30N2O/c1-2-11-31(12-3-1)33-13-10-14-34(29-33)32-21-23-35(24-22-32)49-44-28-27-40-39-17-6-9-20-46(39)51-48(40)47(44)41-26-25-36(30-45(41)49)50-42-18-7-4-15-37(42)38-16-5-8-19-43(38)50/h1-30H. The predicted octanol–water partition coefficient (Wildman–Crippen LogP) is 13.1. The molecule has 0 aliphatic carbocycles. The van der Waals surface area contributed by atoms with Crippen LogP contribution < -0.4 is 0 Å². The monoisotopic (exact) mass is 650 g/mol. The first-order valence-corrected chi connectivity index (χ1v) is 17.4. The van der Waals surface area contributed by atoms with Crippen molar-refractivity contribution in [3.05, 3.63) is 182 Å². The molecule has 0 aliphatic rings. The fraction of sp³-hybridized carbons (Fsp3) is 0. The molecule has 8 aromatic carbocycles. The largest absolute Gasteiger partial charge is 0.455 e. The van der Waals surface area contributed by atoms with E-state index >= 15 is 0 Å². The lowest BCUT2D eigenvalue weighted by Crippen LogP contribution is -1.97. The fourth-order valence-electron chi connectivity index (χ4n) is 8.20. The van der Waals surface area contributed by atoms with E-state index in [-0.39, 0.29) is 0 Å². The Kier molecular flexibility index (Phi) is 5.96. The molecule has 3 nitrogen and oxygen atoms in total. The van der Waals surface area contributed by atoms with Crippen molar-refractivity contribution in [1.29, 1.82) is 0 Å².